The van der Waals surface area contributed by atoms with Crippen molar-refractivity contribution in [1.29, 1.82) is 0 Å². The third-order valence-corrected chi connectivity index (χ3v) is 5.79. The minimum Gasteiger partial charge on any atom is -0.497 e. The minimum atomic E-state index is -3.72. The maximum absolute atomic E-state index is 12.8. The lowest BCUT2D eigenvalue weighted by Crippen LogP contribution is -2.33. The third kappa shape index (κ3) is 6.11. The molecule has 2 rings (SSSR count). The molecule has 0 radical (unpaired) electrons. The van der Waals surface area contributed by atoms with Crippen molar-refractivity contribution in [1.82, 2.24) is 4.72 Å². The Balaban J connectivity index is 2.23. The van der Waals surface area contributed by atoms with Crippen molar-refractivity contribution in [3.05, 3.63) is 42.5 Å². The van der Waals surface area contributed by atoms with Gasteiger partial charge in [0.25, 0.3) is 5.91 Å². The van der Waals surface area contributed by atoms with Crippen LogP contribution >= 0.6 is 0 Å². The smallest absolute Gasteiger partial charge is 0.265 e. The number of rotatable bonds is 10. The van der Waals surface area contributed by atoms with Gasteiger partial charge in [-0.2, -0.15) is 0 Å². The lowest BCUT2D eigenvalue weighted by molar-refractivity contribution is -0.122. The molecular formula is C21H28N2O6S. The van der Waals surface area contributed by atoms with E-state index < -0.39 is 22.0 Å². The maximum atomic E-state index is 12.8. The van der Waals surface area contributed by atoms with Crippen LogP contribution in [0.5, 0.6) is 17.2 Å². The van der Waals surface area contributed by atoms with Crippen LogP contribution in [0.3, 0.4) is 0 Å². The van der Waals surface area contributed by atoms with Crippen molar-refractivity contribution in [2.75, 3.05) is 19.5 Å². The number of benzene rings is 2. The molecule has 0 aromatic heterocycles. The molecule has 0 fully saturated rings. The zero-order chi connectivity index (χ0) is 22.3. The Kier molecular flexibility index (Phi) is 8.08. The molecule has 0 aliphatic heterocycles. The van der Waals surface area contributed by atoms with Crippen LogP contribution in [0.4, 0.5) is 5.69 Å². The molecule has 0 saturated heterocycles. The van der Waals surface area contributed by atoms with Gasteiger partial charge in [0.05, 0.1) is 24.8 Å². The lowest BCUT2D eigenvalue weighted by atomic mass is 10.2. The summed E-state index contributed by atoms with van der Waals surface area (Å²) in [5.41, 5.74) is 0.242. The van der Waals surface area contributed by atoms with E-state index in [4.69, 9.17) is 14.2 Å². The number of amides is 1. The van der Waals surface area contributed by atoms with Crippen molar-refractivity contribution < 1.29 is 27.4 Å². The van der Waals surface area contributed by atoms with Gasteiger partial charge in [-0.15, -0.1) is 0 Å². The van der Waals surface area contributed by atoms with Crippen LogP contribution in [-0.4, -0.2) is 40.7 Å². The number of anilines is 1. The van der Waals surface area contributed by atoms with Gasteiger partial charge < -0.3 is 19.5 Å². The SMILES string of the molecule is CC[C@@H](Oc1ccc(OC)cc1)C(=O)Nc1cc(S(=O)(=O)NC(C)C)ccc1OC. The van der Waals surface area contributed by atoms with E-state index in [1.54, 1.807) is 45.2 Å². The molecule has 2 N–H and O–H groups in total. The summed E-state index contributed by atoms with van der Waals surface area (Å²) < 4.78 is 43.6. The van der Waals surface area contributed by atoms with Gasteiger partial charge in [0.2, 0.25) is 10.0 Å². The van der Waals surface area contributed by atoms with E-state index in [1.807, 2.05) is 6.92 Å². The van der Waals surface area contributed by atoms with E-state index in [0.29, 0.717) is 23.7 Å². The molecule has 2 aromatic rings. The molecule has 0 unspecified atom stereocenters. The second-order valence-electron chi connectivity index (χ2n) is 6.82. The highest BCUT2D eigenvalue weighted by atomic mass is 32.2. The number of methoxy groups -OCH3 is 2. The topological polar surface area (TPSA) is 103 Å². The fourth-order valence-electron chi connectivity index (χ4n) is 2.68. The normalized spacial score (nSPS) is 12.3. The van der Waals surface area contributed by atoms with Crippen LogP contribution in [0.2, 0.25) is 0 Å². The van der Waals surface area contributed by atoms with Crippen LogP contribution in [0.25, 0.3) is 0 Å². The van der Waals surface area contributed by atoms with Crippen LogP contribution in [0.15, 0.2) is 47.4 Å². The van der Waals surface area contributed by atoms with Crippen LogP contribution in [-0.2, 0) is 14.8 Å². The predicted octanol–water partition coefficient (Wildman–Crippen LogP) is 3.19. The molecule has 0 heterocycles. The molecular weight excluding hydrogens is 408 g/mol. The number of hydrogen-bond acceptors (Lipinski definition) is 6. The van der Waals surface area contributed by atoms with Gasteiger partial charge in [0, 0.05) is 6.04 Å². The molecule has 8 nitrogen and oxygen atoms in total. The molecule has 0 spiro atoms. The highest BCUT2D eigenvalue weighted by Crippen LogP contribution is 2.28. The van der Waals surface area contributed by atoms with Gasteiger partial charge in [-0.25, -0.2) is 13.1 Å². The van der Waals surface area contributed by atoms with Crippen molar-refractivity contribution >= 4 is 21.6 Å². The first-order valence-corrected chi connectivity index (χ1v) is 11.0. The van der Waals surface area contributed by atoms with E-state index in [1.165, 1.54) is 25.3 Å². The minimum absolute atomic E-state index is 0.0245. The monoisotopic (exact) mass is 436 g/mol. The molecule has 164 valence electrons. The Hall–Kier alpha value is -2.78. The fraction of sp³-hybridized carbons (Fsp3) is 0.381. The zero-order valence-electron chi connectivity index (χ0n) is 17.8. The number of nitrogens with one attached hydrogen (secondary N) is 2. The number of carbonyl (C=O) groups is 1. The van der Waals surface area contributed by atoms with Crippen molar-refractivity contribution in [3.63, 3.8) is 0 Å². The number of sulfonamides is 1. The average molecular weight is 437 g/mol. The maximum Gasteiger partial charge on any atom is 0.265 e. The van der Waals surface area contributed by atoms with E-state index in [-0.39, 0.29) is 16.6 Å². The van der Waals surface area contributed by atoms with Crippen LogP contribution in [0.1, 0.15) is 27.2 Å². The largest absolute Gasteiger partial charge is 0.497 e. The van der Waals surface area contributed by atoms with Crippen molar-refractivity contribution in [2.45, 2.75) is 44.2 Å². The van der Waals surface area contributed by atoms with Crippen molar-refractivity contribution in [3.8, 4) is 17.2 Å². The van der Waals surface area contributed by atoms with Gasteiger partial charge in [-0.3, -0.25) is 4.79 Å². The molecule has 2 aromatic carbocycles. The second kappa shape index (κ2) is 10.3. The predicted molar refractivity (Wildman–Crippen MR) is 115 cm³/mol. The van der Waals surface area contributed by atoms with Crippen molar-refractivity contribution in [2.24, 2.45) is 0 Å². The first-order valence-electron chi connectivity index (χ1n) is 9.52. The summed E-state index contributed by atoms with van der Waals surface area (Å²) in [4.78, 5) is 12.8. The molecule has 30 heavy (non-hydrogen) atoms. The summed E-state index contributed by atoms with van der Waals surface area (Å²) >= 11 is 0. The summed E-state index contributed by atoms with van der Waals surface area (Å²) in [5.74, 6) is 1.11. The summed E-state index contributed by atoms with van der Waals surface area (Å²) in [7, 11) is -0.717. The van der Waals surface area contributed by atoms with Gasteiger partial charge in [-0.1, -0.05) is 6.92 Å². The molecule has 1 atom stereocenters. The van der Waals surface area contributed by atoms with Gasteiger partial charge in [0.15, 0.2) is 6.10 Å². The Morgan fingerprint density at radius 1 is 1.00 bits per heavy atom. The van der Waals surface area contributed by atoms with Crippen LogP contribution < -0.4 is 24.2 Å². The second-order valence-corrected chi connectivity index (χ2v) is 8.53. The van der Waals surface area contributed by atoms with Gasteiger partial charge >= 0.3 is 0 Å². The third-order valence-electron chi connectivity index (χ3n) is 4.13. The Morgan fingerprint density at radius 2 is 1.63 bits per heavy atom. The lowest BCUT2D eigenvalue weighted by Gasteiger charge is -2.19. The van der Waals surface area contributed by atoms with E-state index in [0.717, 1.165) is 0 Å². The highest BCUT2D eigenvalue weighted by molar-refractivity contribution is 7.89. The van der Waals surface area contributed by atoms with Gasteiger partial charge in [-0.05, 0) is 62.7 Å². The van der Waals surface area contributed by atoms with E-state index in [2.05, 4.69) is 10.0 Å². The summed E-state index contributed by atoms with van der Waals surface area (Å²) in [6.45, 7) is 5.27. The first-order chi connectivity index (χ1) is 14.2. The summed E-state index contributed by atoms with van der Waals surface area (Å²) in [6.07, 6.45) is -0.371. The molecule has 0 aliphatic carbocycles. The summed E-state index contributed by atoms with van der Waals surface area (Å²) in [6, 6.07) is 10.9. The Labute approximate surface area is 177 Å². The number of ether oxygens (including phenoxy) is 3. The Bertz CT molecular complexity index is 958. The fourth-order valence-corrected chi connectivity index (χ4v) is 3.96. The number of carbonyl (C=O) groups excluding carboxylic acids is 1. The first kappa shape index (κ1) is 23.5. The zero-order valence-corrected chi connectivity index (χ0v) is 18.6. The van der Waals surface area contributed by atoms with E-state index in [9.17, 15) is 13.2 Å². The quantitative estimate of drug-likeness (QED) is 0.593. The average Bonchev–Trinajstić information content (AvgIpc) is 2.71. The molecule has 0 saturated carbocycles. The number of hydrogen-bond donors (Lipinski definition) is 2. The molecule has 0 aliphatic rings. The Morgan fingerprint density at radius 3 is 2.17 bits per heavy atom. The van der Waals surface area contributed by atoms with Gasteiger partial charge in [0.1, 0.15) is 17.2 Å². The molecule has 1 amide bonds. The van der Waals surface area contributed by atoms with Crippen LogP contribution in [0, 0.1) is 0 Å². The van der Waals surface area contributed by atoms with E-state index >= 15 is 0 Å². The molecule has 0 bridgehead atoms. The highest BCUT2D eigenvalue weighted by Gasteiger charge is 2.22. The summed E-state index contributed by atoms with van der Waals surface area (Å²) in [5, 5.41) is 2.72. The standard InChI is InChI=1S/C21H28N2O6S/c1-6-19(29-16-9-7-15(27-4)8-10-16)21(24)22-18-13-17(11-12-20(18)28-5)30(25,26)23-14(2)3/h7-14,19,23H,6H2,1-5H3,(H,22,24)/t19-/m1/s1. The molecule has 9 heteroatoms.